The van der Waals surface area contributed by atoms with Gasteiger partial charge < -0.3 is 5.32 Å². The van der Waals surface area contributed by atoms with E-state index in [0.717, 1.165) is 18.0 Å². The molecule has 0 amide bonds. The summed E-state index contributed by atoms with van der Waals surface area (Å²) in [5, 5.41) is 11.9. The molecule has 1 atom stereocenters. The van der Waals surface area contributed by atoms with Crippen LogP contribution in [-0.4, -0.2) is 28.1 Å². The molecule has 0 saturated heterocycles. The fraction of sp³-hybridized carbons (Fsp3) is 0.867. The summed E-state index contributed by atoms with van der Waals surface area (Å²) < 4.78 is 1.80. The molecular weight excluding hydrogens is 236 g/mol. The number of hydrogen-bond acceptors (Lipinski definition) is 3. The Hall–Kier alpha value is -0.900. The van der Waals surface area contributed by atoms with Gasteiger partial charge in [0, 0.05) is 25.7 Å². The van der Waals surface area contributed by atoms with Crippen molar-refractivity contribution < 1.29 is 0 Å². The minimum absolute atomic E-state index is 0.459. The monoisotopic (exact) mass is 264 g/mol. The standard InChI is InChI=1S/C15H28N4/c1-12(2)10-15(7-5-6-8-15)14(16-3)9-13-11-19(4)18-17-13/h11-12,14,16H,5-10H2,1-4H3. The summed E-state index contributed by atoms with van der Waals surface area (Å²) in [6, 6.07) is 0.522. The lowest BCUT2D eigenvalue weighted by Crippen LogP contribution is -2.44. The van der Waals surface area contributed by atoms with Crippen molar-refractivity contribution in [3.05, 3.63) is 11.9 Å². The molecule has 1 aliphatic rings. The predicted octanol–water partition coefficient (Wildman–Crippen LogP) is 2.55. The molecule has 1 aromatic heterocycles. The minimum Gasteiger partial charge on any atom is -0.316 e. The molecule has 0 aliphatic heterocycles. The maximum absolute atomic E-state index is 4.26. The van der Waals surface area contributed by atoms with Gasteiger partial charge in [0.25, 0.3) is 0 Å². The summed E-state index contributed by atoms with van der Waals surface area (Å²) in [4.78, 5) is 0. The number of likely N-dealkylation sites (N-methyl/N-ethyl adjacent to an activating group) is 1. The maximum Gasteiger partial charge on any atom is 0.0842 e. The number of nitrogens with zero attached hydrogens (tertiary/aromatic N) is 3. The third-order valence-electron chi connectivity index (χ3n) is 4.57. The van der Waals surface area contributed by atoms with Gasteiger partial charge >= 0.3 is 0 Å². The van der Waals surface area contributed by atoms with Gasteiger partial charge in [0.1, 0.15) is 0 Å². The highest BCUT2D eigenvalue weighted by atomic mass is 15.4. The number of hydrogen-bond donors (Lipinski definition) is 1. The highest BCUT2D eigenvalue weighted by Crippen LogP contribution is 2.46. The summed E-state index contributed by atoms with van der Waals surface area (Å²) in [6.07, 6.45) is 9.84. The van der Waals surface area contributed by atoms with Crippen LogP contribution in [0.15, 0.2) is 6.20 Å². The Labute approximate surface area is 117 Å². The van der Waals surface area contributed by atoms with Crippen LogP contribution in [0.1, 0.15) is 51.6 Å². The average molecular weight is 264 g/mol. The van der Waals surface area contributed by atoms with Gasteiger partial charge in [-0.1, -0.05) is 31.9 Å². The van der Waals surface area contributed by atoms with Crippen molar-refractivity contribution in [2.24, 2.45) is 18.4 Å². The van der Waals surface area contributed by atoms with E-state index in [-0.39, 0.29) is 0 Å². The molecule has 2 rings (SSSR count). The van der Waals surface area contributed by atoms with Crippen LogP contribution in [0, 0.1) is 11.3 Å². The van der Waals surface area contributed by atoms with E-state index in [1.54, 1.807) is 4.68 Å². The quantitative estimate of drug-likeness (QED) is 0.858. The van der Waals surface area contributed by atoms with Crippen LogP contribution < -0.4 is 5.32 Å². The van der Waals surface area contributed by atoms with Crippen LogP contribution in [0.2, 0.25) is 0 Å². The van der Waals surface area contributed by atoms with Crippen molar-refractivity contribution >= 4 is 0 Å². The predicted molar refractivity (Wildman–Crippen MR) is 77.9 cm³/mol. The molecule has 1 fully saturated rings. The van der Waals surface area contributed by atoms with Crippen molar-refractivity contribution in [1.29, 1.82) is 0 Å². The lowest BCUT2D eigenvalue weighted by atomic mass is 9.71. The molecule has 0 spiro atoms. The molecule has 0 radical (unpaired) electrons. The Kier molecular flexibility index (Phi) is 4.61. The second-order valence-corrected chi connectivity index (χ2v) is 6.60. The summed E-state index contributed by atoms with van der Waals surface area (Å²) in [5.74, 6) is 0.760. The van der Waals surface area contributed by atoms with Gasteiger partial charge in [0.2, 0.25) is 0 Å². The Morgan fingerprint density at radius 2 is 2.05 bits per heavy atom. The highest BCUT2D eigenvalue weighted by Gasteiger charge is 2.41. The first-order valence-electron chi connectivity index (χ1n) is 7.58. The van der Waals surface area contributed by atoms with Crippen LogP contribution in [0.3, 0.4) is 0 Å². The summed E-state index contributed by atoms with van der Waals surface area (Å²) >= 11 is 0. The van der Waals surface area contributed by atoms with E-state index in [4.69, 9.17) is 0 Å². The number of rotatable bonds is 6. The second-order valence-electron chi connectivity index (χ2n) is 6.60. The van der Waals surface area contributed by atoms with Crippen LogP contribution in [0.25, 0.3) is 0 Å². The van der Waals surface area contributed by atoms with Gasteiger partial charge in [0.05, 0.1) is 5.69 Å². The van der Waals surface area contributed by atoms with E-state index in [9.17, 15) is 0 Å². The third-order valence-corrected chi connectivity index (χ3v) is 4.57. The summed E-state index contributed by atoms with van der Waals surface area (Å²) in [7, 11) is 4.03. The second kappa shape index (κ2) is 6.04. The lowest BCUT2D eigenvalue weighted by molar-refractivity contribution is 0.159. The van der Waals surface area contributed by atoms with E-state index >= 15 is 0 Å². The Morgan fingerprint density at radius 3 is 2.53 bits per heavy atom. The topological polar surface area (TPSA) is 42.7 Å². The first-order chi connectivity index (χ1) is 9.05. The largest absolute Gasteiger partial charge is 0.316 e. The number of aryl methyl sites for hydroxylation is 1. The fourth-order valence-corrected chi connectivity index (χ4v) is 3.91. The molecule has 4 heteroatoms. The van der Waals surface area contributed by atoms with Crippen molar-refractivity contribution in [2.75, 3.05) is 7.05 Å². The van der Waals surface area contributed by atoms with Gasteiger partial charge in [0.15, 0.2) is 0 Å². The van der Waals surface area contributed by atoms with Crippen molar-refractivity contribution in [3.8, 4) is 0 Å². The van der Waals surface area contributed by atoms with Crippen LogP contribution in [0.4, 0.5) is 0 Å². The van der Waals surface area contributed by atoms with Crippen molar-refractivity contribution in [1.82, 2.24) is 20.3 Å². The number of aromatic nitrogens is 3. The first-order valence-corrected chi connectivity index (χ1v) is 7.58. The molecule has 1 heterocycles. The minimum atomic E-state index is 0.459. The highest BCUT2D eigenvalue weighted by molar-refractivity contribution is 5.03. The van der Waals surface area contributed by atoms with Gasteiger partial charge in [-0.15, -0.1) is 5.10 Å². The van der Waals surface area contributed by atoms with Crippen LogP contribution in [-0.2, 0) is 13.5 Å². The molecule has 0 aromatic carbocycles. The van der Waals surface area contributed by atoms with Crippen LogP contribution >= 0.6 is 0 Å². The molecule has 1 aliphatic carbocycles. The Balaban J connectivity index is 2.13. The van der Waals surface area contributed by atoms with E-state index in [2.05, 4.69) is 36.5 Å². The Morgan fingerprint density at radius 1 is 1.37 bits per heavy atom. The molecule has 1 saturated carbocycles. The summed E-state index contributed by atoms with van der Waals surface area (Å²) in [6.45, 7) is 4.68. The van der Waals surface area contributed by atoms with Gasteiger partial charge in [-0.25, -0.2) is 0 Å². The third kappa shape index (κ3) is 3.35. The fourth-order valence-electron chi connectivity index (χ4n) is 3.91. The normalized spacial score (nSPS) is 20.1. The molecule has 108 valence electrons. The van der Waals surface area contributed by atoms with E-state index < -0.39 is 0 Å². The zero-order chi connectivity index (χ0) is 13.9. The van der Waals surface area contributed by atoms with E-state index in [1.165, 1.54) is 32.1 Å². The molecule has 1 unspecified atom stereocenters. The zero-order valence-electron chi connectivity index (χ0n) is 12.8. The zero-order valence-corrected chi connectivity index (χ0v) is 12.8. The Bertz CT molecular complexity index is 391. The average Bonchev–Trinajstić information content (AvgIpc) is 2.95. The molecule has 1 aromatic rings. The number of nitrogens with one attached hydrogen (secondary N) is 1. The van der Waals surface area contributed by atoms with E-state index in [1.807, 2.05) is 13.2 Å². The molecule has 4 nitrogen and oxygen atoms in total. The first kappa shape index (κ1) is 14.5. The van der Waals surface area contributed by atoms with Crippen molar-refractivity contribution in [2.45, 2.75) is 58.4 Å². The molecule has 1 N–H and O–H groups in total. The molecule has 0 bridgehead atoms. The van der Waals surface area contributed by atoms with Crippen molar-refractivity contribution in [3.63, 3.8) is 0 Å². The van der Waals surface area contributed by atoms with Gasteiger partial charge in [-0.2, -0.15) is 0 Å². The van der Waals surface area contributed by atoms with Crippen LogP contribution in [0.5, 0.6) is 0 Å². The molecule has 19 heavy (non-hydrogen) atoms. The lowest BCUT2D eigenvalue weighted by Gasteiger charge is -2.39. The van der Waals surface area contributed by atoms with Gasteiger partial charge in [-0.05, 0) is 37.6 Å². The summed E-state index contributed by atoms with van der Waals surface area (Å²) in [5.41, 5.74) is 1.57. The maximum atomic E-state index is 4.26. The van der Waals surface area contributed by atoms with Gasteiger partial charge in [-0.3, -0.25) is 4.68 Å². The smallest absolute Gasteiger partial charge is 0.0842 e. The van der Waals surface area contributed by atoms with E-state index in [0.29, 0.717) is 11.5 Å². The SMILES string of the molecule is CNC(Cc1cn(C)nn1)C1(CC(C)C)CCCC1. The molecular formula is C15H28N4.